The first-order chi connectivity index (χ1) is 6.45. The molecule has 0 atom stereocenters. The minimum Gasteiger partial charge on any atom is -0.458 e. The normalized spacial score (nSPS) is 16.0. The molecule has 2 nitrogen and oxygen atoms in total. The number of para-hydroxylation sites is 1. The van der Waals surface area contributed by atoms with E-state index in [2.05, 4.69) is 6.07 Å². The van der Waals surface area contributed by atoms with Crippen molar-refractivity contribution in [3.05, 3.63) is 35.6 Å². The van der Waals surface area contributed by atoms with Gasteiger partial charge in [0.1, 0.15) is 18.0 Å². The summed E-state index contributed by atoms with van der Waals surface area (Å²) in [5.74, 6) is 1.01. The summed E-state index contributed by atoms with van der Waals surface area (Å²) in [7, 11) is 0. The van der Waals surface area contributed by atoms with E-state index in [1.807, 2.05) is 18.2 Å². The summed E-state index contributed by atoms with van der Waals surface area (Å²) in [5.41, 5.74) is 2.32. The number of benzene rings is 1. The minimum atomic E-state index is 0.629. The molecule has 0 fully saturated rings. The molecule has 1 aliphatic rings. The van der Waals surface area contributed by atoms with E-state index in [-0.39, 0.29) is 0 Å². The summed E-state index contributed by atoms with van der Waals surface area (Å²) >= 11 is 0. The van der Waals surface area contributed by atoms with E-state index >= 15 is 0 Å². The second-order valence-electron chi connectivity index (χ2n) is 3.30. The van der Waals surface area contributed by atoms with Gasteiger partial charge in [-0.1, -0.05) is 18.2 Å². The van der Waals surface area contributed by atoms with Crippen molar-refractivity contribution >= 4 is 11.0 Å². The van der Waals surface area contributed by atoms with Crippen LogP contribution in [0, 0.1) is 0 Å². The Kier molecular flexibility index (Phi) is 1.43. The summed E-state index contributed by atoms with van der Waals surface area (Å²) in [5, 5.41) is 1.25. The fourth-order valence-electron chi connectivity index (χ4n) is 1.88. The third-order valence-electron chi connectivity index (χ3n) is 2.51. The summed E-state index contributed by atoms with van der Waals surface area (Å²) < 4.78 is 11.0. The first-order valence-corrected chi connectivity index (χ1v) is 4.52. The van der Waals surface area contributed by atoms with Crippen molar-refractivity contribution in [1.82, 2.24) is 0 Å². The number of hydrogen-bond donors (Lipinski definition) is 0. The lowest BCUT2D eigenvalue weighted by atomic mass is 10.1. The fourth-order valence-corrected chi connectivity index (χ4v) is 1.88. The van der Waals surface area contributed by atoms with E-state index in [9.17, 15) is 0 Å². The van der Waals surface area contributed by atoms with Crippen molar-refractivity contribution in [3.8, 4) is 0 Å². The van der Waals surface area contributed by atoms with Gasteiger partial charge in [0.2, 0.25) is 0 Å². The highest BCUT2D eigenvalue weighted by molar-refractivity contribution is 5.82. The highest BCUT2D eigenvalue weighted by Crippen LogP contribution is 2.28. The first kappa shape index (κ1) is 7.15. The Morgan fingerprint density at radius 1 is 1.15 bits per heavy atom. The monoisotopic (exact) mass is 174 g/mol. The van der Waals surface area contributed by atoms with Crippen LogP contribution in [0.15, 0.2) is 28.7 Å². The van der Waals surface area contributed by atoms with Crippen LogP contribution in [0.2, 0.25) is 0 Å². The van der Waals surface area contributed by atoms with Crippen LogP contribution >= 0.6 is 0 Å². The van der Waals surface area contributed by atoms with E-state index < -0.39 is 0 Å². The molecule has 0 unspecified atom stereocenters. The zero-order chi connectivity index (χ0) is 8.67. The lowest BCUT2D eigenvalue weighted by Crippen LogP contribution is -2.06. The molecule has 66 valence electrons. The van der Waals surface area contributed by atoms with Crippen LogP contribution in [0.5, 0.6) is 0 Å². The Balaban J connectivity index is 2.34. The summed E-state index contributed by atoms with van der Waals surface area (Å²) in [6.07, 6.45) is 0.979. The van der Waals surface area contributed by atoms with E-state index in [4.69, 9.17) is 9.15 Å². The predicted molar refractivity (Wildman–Crippen MR) is 49.6 cm³/mol. The molecule has 2 aromatic rings. The average Bonchev–Trinajstić information content (AvgIpc) is 2.56. The van der Waals surface area contributed by atoms with E-state index in [0.717, 1.165) is 24.4 Å². The average molecular weight is 174 g/mol. The van der Waals surface area contributed by atoms with Crippen LogP contribution in [0.1, 0.15) is 11.3 Å². The first-order valence-electron chi connectivity index (χ1n) is 4.52. The molecule has 0 saturated heterocycles. The van der Waals surface area contributed by atoms with Crippen molar-refractivity contribution in [1.29, 1.82) is 0 Å². The van der Waals surface area contributed by atoms with Gasteiger partial charge in [-0.25, -0.2) is 0 Å². The Morgan fingerprint density at radius 2 is 2.08 bits per heavy atom. The maximum Gasteiger partial charge on any atom is 0.134 e. The Hall–Kier alpha value is -1.28. The van der Waals surface area contributed by atoms with Gasteiger partial charge >= 0.3 is 0 Å². The molecule has 13 heavy (non-hydrogen) atoms. The number of fused-ring (bicyclic) bond motifs is 3. The molecule has 0 radical (unpaired) electrons. The van der Waals surface area contributed by atoms with Gasteiger partial charge < -0.3 is 9.15 Å². The Labute approximate surface area is 76.1 Å². The zero-order valence-corrected chi connectivity index (χ0v) is 7.25. The molecule has 0 bridgehead atoms. The van der Waals surface area contributed by atoms with Crippen LogP contribution in [0.3, 0.4) is 0 Å². The van der Waals surface area contributed by atoms with Gasteiger partial charge in [0, 0.05) is 10.9 Å². The number of ether oxygens (including phenoxy) is 1. The quantitative estimate of drug-likeness (QED) is 0.612. The molecule has 1 aromatic carbocycles. The molecular weight excluding hydrogens is 164 g/mol. The van der Waals surface area contributed by atoms with Crippen molar-refractivity contribution in [2.45, 2.75) is 13.0 Å². The minimum absolute atomic E-state index is 0.629. The molecule has 1 aliphatic heterocycles. The summed E-state index contributed by atoms with van der Waals surface area (Å²) in [6, 6.07) is 8.17. The molecule has 2 heterocycles. The van der Waals surface area contributed by atoms with Crippen LogP contribution < -0.4 is 0 Å². The number of rotatable bonds is 0. The van der Waals surface area contributed by atoms with Crippen LogP contribution in [-0.4, -0.2) is 6.61 Å². The molecule has 1 aromatic heterocycles. The van der Waals surface area contributed by atoms with E-state index in [0.29, 0.717) is 6.61 Å². The van der Waals surface area contributed by atoms with Crippen molar-refractivity contribution in [3.63, 3.8) is 0 Å². The SMILES string of the molecule is c1ccc2c3c(oc2c1)COCC3. The van der Waals surface area contributed by atoms with Gasteiger partial charge in [0.15, 0.2) is 0 Å². The highest BCUT2D eigenvalue weighted by atomic mass is 16.5. The van der Waals surface area contributed by atoms with Gasteiger partial charge in [-0.05, 0) is 12.5 Å². The van der Waals surface area contributed by atoms with Gasteiger partial charge in [-0.3, -0.25) is 0 Å². The second kappa shape index (κ2) is 2.60. The molecule has 3 rings (SSSR count). The van der Waals surface area contributed by atoms with Crippen LogP contribution in [0.25, 0.3) is 11.0 Å². The highest BCUT2D eigenvalue weighted by Gasteiger charge is 2.16. The van der Waals surface area contributed by atoms with Crippen LogP contribution in [-0.2, 0) is 17.8 Å². The number of furan rings is 1. The van der Waals surface area contributed by atoms with Crippen molar-refractivity contribution < 1.29 is 9.15 Å². The largest absolute Gasteiger partial charge is 0.458 e. The molecular formula is C11H10O2. The van der Waals surface area contributed by atoms with E-state index in [1.165, 1.54) is 10.9 Å². The Bertz CT molecular complexity index is 442. The second-order valence-corrected chi connectivity index (χ2v) is 3.30. The summed E-state index contributed by atoms with van der Waals surface area (Å²) in [6.45, 7) is 1.44. The molecule has 0 N–H and O–H groups in total. The number of hydrogen-bond acceptors (Lipinski definition) is 2. The fraction of sp³-hybridized carbons (Fsp3) is 0.273. The topological polar surface area (TPSA) is 22.4 Å². The third-order valence-corrected chi connectivity index (χ3v) is 2.51. The summed E-state index contributed by atoms with van der Waals surface area (Å²) in [4.78, 5) is 0. The van der Waals surface area contributed by atoms with E-state index in [1.54, 1.807) is 0 Å². The van der Waals surface area contributed by atoms with Gasteiger partial charge in [0.05, 0.1) is 6.61 Å². The van der Waals surface area contributed by atoms with Gasteiger partial charge in [-0.2, -0.15) is 0 Å². The molecule has 0 amide bonds. The molecule has 0 aliphatic carbocycles. The van der Waals surface area contributed by atoms with Gasteiger partial charge in [-0.15, -0.1) is 0 Å². The molecule has 0 saturated carbocycles. The zero-order valence-electron chi connectivity index (χ0n) is 7.25. The van der Waals surface area contributed by atoms with Gasteiger partial charge in [0.25, 0.3) is 0 Å². The van der Waals surface area contributed by atoms with Crippen molar-refractivity contribution in [2.75, 3.05) is 6.61 Å². The maximum absolute atomic E-state index is 5.67. The Morgan fingerprint density at radius 3 is 3.08 bits per heavy atom. The lowest BCUT2D eigenvalue weighted by molar-refractivity contribution is 0.0953. The molecule has 2 heteroatoms. The third kappa shape index (κ3) is 0.988. The molecule has 0 spiro atoms. The predicted octanol–water partition coefficient (Wildman–Crippen LogP) is 2.51. The lowest BCUT2D eigenvalue weighted by Gasteiger charge is -2.09. The maximum atomic E-state index is 5.67. The standard InChI is InChI=1S/C11H10O2/c1-2-4-10-8(3-1)9-5-6-12-7-11(9)13-10/h1-4H,5-7H2. The van der Waals surface area contributed by atoms with Crippen molar-refractivity contribution in [2.24, 2.45) is 0 Å². The smallest absolute Gasteiger partial charge is 0.134 e. The van der Waals surface area contributed by atoms with Crippen LogP contribution in [0.4, 0.5) is 0 Å².